The number of aliphatic hydroxyl groups excluding tert-OH is 1. The third-order valence-corrected chi connectivity index (χ3v) is 2.47. The first kappa shape index (κ1) is 11.8. The standard InChI is InChI=1S/C10H9ClFN3O2/c1-17-10-3-8(12)9(2-7(10)11)15-4-6(5-16)13-14-15/h2-4,16H,5H2,1H3. The summed E-state index contributed by atoms with van der Waals surface area (Å²) in [6.45, 7) is -0.258. The summed E-state index contributed by atoms with van der Waals surface area (Å²) in [5.74, 6) is -0.295. The second-order valence-electron chi connectivity index (χ2n) is 3.25. The number of halogens is 2. The van der Waals surface area contributed by atoms with Crippen molar-refractivity contribution in [3.8, 4) is 11.4 Å². The lowest BCUT2D eigenvalue weighted by atomic mass is 10.3. The highest BCUT2D eigenvalue weighted by atomic mass is 35.5. The second kappa shape index (κ2) is 4.68. The monoisotopic (exact) mass is 257 g/mol. The van der Waals surface area contributed by atoms with E-state index in [-0.39, 0.29) is 23.1 Å². The van der Waals surface area contributed by atoms with Crippen molar-refractivity contribution in [2.75, 3.05) is 7.11 Å². The van der Waals surface area contributed by atoms with Crippen LogP contribution in [0.2, 0.25) is 5.02 Å². The molecule has 0 atom stereocenters. The largest absolute Gasteiger partial charge is 0.495 e. The number of aromatic nitrogens is 3. The molecule has 0 radical (unpaired) electrons. The van der Waals surface area contributed by atoms with Gasteiger partial charge in [0, 0.05) is 6.07 Å². The van der Waals surface area contributed by atoms with Gasteiger partial charge in [0.15, 0.2) is 5.82 Å². The third kappa shape index (κ3) is 2.22. The lowest BCUT2D eigenvalue weighted by Gasteiger charge is -2.07. The van der Waals surface area contributed by atoms with Crippen LogP contribution in [-0.4, -0.2) is 27.2 Å². The first-order chi connectivity index (χ1) is 8.15. The quantitative estimate of drug-likeness (QED) is 0.907. The van der Waals surface area contributed by atoms with E-state index in [1.807, 2.05) is 0 Å². The van der Waals surface area contributed by atoms with Gasteiger partial charge in [-0.3, -0.25) is 0 Å². The molecule has 0 saturated heterocycles. The zero-order valence-corrected chi connectivity index (χ0v) is 9.65. The second-order valence-corrected chi connectivity index (χ2v) is 3.66. The van der Waals surface area contributed by atoms with E-state index >= 15 is 0 Å². The van der Waals surface area contributed by atoms with Crippen LogP contribution in [0, 0.1) is 5.82 Å². The van der Waals surface area contributed by atoms with Crippen LogP contribution < -0.4 is 4.74 Å². The van der Waals surface area contributed by atoms with Crippen LogP contribution >= 0.6 is 11.6 Å². The Labute approximate surface area is 101 Å². The van der Waals surface area contributed by atoms with Crippen LogP contribution in [-0.2, 0) is 6.61 Å². The highest BCUT2D eigenvalue weighted by molar-refractivity contribution is 6.32. The topological polar surface area (TPSA) is 60.2 Å². The van der Waals surface area contributed by atoms with Crippen LogP contribution in [0.3, 0.4) is 0 Å². The van der Waals surface area contributed by atoms with Crippen LogP contribution in [0.25, 0.3) is 5.69 Å². The molecule has 0 aliphatic carbocycles. The van der Waals surface area contributed by atoms with Gasteiger partial charge >= 0.3 is 0 Å². The van der Waals surface area contributed by atoms with Crippen molar-refractivity contribution in [1.82, 2.24) is 15.0 Å². The minimum atomic E-state index is -0.541. The van der Waals surface area contributed by atoms with E-state index in [1.54, 1.807) is 0 Å². The van der Waals surface area contributed by atoms with Crippen molar-refractivity contribution in [2.45, 2.75) is 6.61 Å². The fourth-order valence-electron chi connectivity index (χ4n) is 1.34. The molecular formula is C10H9ClFN3O2. The van der Waals surface area contributed by atoms with Crippen LogP contribution in [0.5, 0.6) is 5.75 Å². The summed E-state index contributed by atoms with van der Waals surface area (Å²) in [6, 6.07) is 2.55. The zero-order valence-electron chi connectivity index (χ0n) is 8.89. The number of aliphatic hydroxyl groups is 1. The number of hydrogen-bond acceptors (Lipinski definition) is 4. The predicted octanol–water partition coefficient (Wildman–Crippen LogP) is 1.56. The van der Waals surface area contributed by atoms with Crippen LogP contribution in [0.1, 0.15) is 5.69 Å². The summed E-state index contributed by atoms with van der Waals surface area (Å²) in [5, 5.41) is 16.4. The molecule has 90 valence electrons. The molecule has 0 aliphatic heterocycles. The smallest absolute Gasteiger partial charge is 0.152 e. The molecule has 0 spiro atoms. The molecule has 1 heterocycles. The van der Waals surface area contributed by atoms with E-state index < -0.39 is 5.82 Å². The minimum Gasteiger partial charge on any atom is -0.495 e. The Morgan fingerprint density at radius 3 is 2.88 bits per heavy atom. The summed E-state index contributed by atoms with van der Waals surface area (Å²) < 4.78 is 19.8. The number of nitrogens with zero attached hydrogens (tertiary/aromatic N) is 3. The lowest BCUT2D eigenvalue weighted by Crippen LogP contribution is -1.99. The molecule has 1 aromatic carbocycles. The molecule has 17 heavy (non-hydrogen) atoms. The first-order valence-corrected chi connectivity index (χ1v) is 5.09. The van der Waals surface area contributed by atoms with Gasteiger partial charge in [0.05, 0.1) is 24.9 Å². The predicted molar refractivity (Wildman–Crippen MR) is 58.8 cm³/mol. The highest BCUT2D eigenvalue weighted by Crippen LogP contribution is 2.28. The van der Waals surface area contributed by atoms with E-state index in [9.17, 15) is 4.39 Å². The SMILES string of the molecule is COc1cc(F)c(-n2cc(CO)nn2)cc1Cl. The van der Waals surface area contributed by atoms with Gasteiger partial charge in [-0.1, -0.05) is 16.8 Å². The fraction of sp³-hybridized carbons (Fsp3) is 0.200. The molecule has 0 amide bonds. The maximum absolute atomic E-state index is 13.7. The van der Waals surface area contributed by atoms with Gasteiger partial charge in [-0.05, 0) is 6.07 Å². The number of rotatable bonds is 3. The number of hydrogen-bond donors (Lipinski definition) is 1. The van der Waals surface area contributed by atoms with Gasteiger partial charge in [-0.25, -0.2) is 9.07 Å². The molecule has 0 fully saturated rings. The van der Waals surface area contributed by atoms with Crippen molar-refractivity contribution in [3.05, 3.63) is 34.9 Å². The Kier molecular flexibility index (Phi) is 3.26. The van der Waals surface area contributed by atoms with Gasteiger partial charge in [-0.2, -0.15) is 0 Å². The van der Waals surface area contributed by atoms with Crippen molar-refractivity contribution in [2.24, 2.45) is 0 Å². The molecule has 2 rings (SSSR count). The molecule has 0 bridgehead atoms. The molecule has 1 N–H and O–H groups in total. The van der Waals surface area contributed by atoms with Crippen molar-refractivity contribution in [1.29, 1.82) is 0 Å². The van der Waals surface area contributed by atoms with E-state index in [0.717, 1.165) is 6.07 Å². The maximum atomic E-state index is 13.7. The lowest BCUT2D eigenvalue weighted by molar-refractivity contribution is 0.276. The Balaban J connectivity index is 2.48. The average Bonchev–Trinajstić information content (AvgIpc) is 2.80. The van der Waals surface area contributed by atoms with E-state index in [0.29, 0.717) is 5.69 Å². The van der Waals surface area contributed by atoms with Gasteiger partial charge in [-0.15, -0.1) is 5.10 Å². The van der Waals surface area contributed by atoms with E-state index in [2.05, 4.69) is 10.3 Å². The minimum absolute atomic E-state index is 0.142. The Hall–Kier alpha value is -1.66. The molecule has 0 unspecified atom stereocenters. The Morgan fingerprint density at radius 1 is 1.53 bits per heavy atom. The van der Waals surface area contributed by atoms with Crippen molar-refractivity contribution in [3.63, 3.8) is 0 Å². The van der Waals surface area contributed by atoms with Crippen molar-refractivity contribution >= 4 is 11.6 Å². The van der Waals surface area contributed by atoms with E-state index in [1.165, 1.54) is 24.1 Å². The van der Waals surface area contributed by atoms with Gasteiger partial charge < -0.3 is 9.84 Å². The molecule has 0 aliphatic rings. The zero-order chi connectivity index (χ0) is 12.4. The Bertz CT molecular complexity index is 544. The fourth-order valence-corrected chi connectivity index (χ4v) is 1.57. The summed E-state index contributed by atoms with van der Waals surface area (Å²) in [6.07, 6.45) is 1.42. The molecule has 5 nitrogen and oxygen atoms in total. The van der Waals surface area contributed by atoms with E-state index in [4.69, 9.17) is 21.4 Å². The summed E-state index contributed by atoms with van der Waals surface area (Å²) in [5.41, 5.74) is 0.486. The van der Waals surface area contributed by atoms with Gasteiger partial charge in [0.1, 0.15) is 17.1 Å². The summed E-state index contributed by atoms with van der Waals surface area (Å²) in [4.78, 5) is 0. The summed E-state index contributed by atoms with van der Waals surface area (Å²) in [7, 11) is 1.40. The number of methoxy groups -OCH3 is 1. The Morgan fingerprint density at radius 2 is 2.29 bits per heavy atom. The molecular weight excluding hydrogens is 249 g/mol. The molecule has 0 saturated carbocycles. The number of benzene rings is 1. The molecule has 2 aromatic rings. The maximum Gasteiger partial charge on any atom is 0.152 e. The van der Waals surface area contributed by atoms with Crippen LogP contribution in [0.15, 0.2) is 18.3 Å². The highest BCUT2D eigenvalue weighted by Gasteiger charge is 2.12. The van der Waals surface area contributed by atoms with Crippen molar-refractivity contribution < 1.29 is 14.2 Å². The number of ether oxygens (including phenoxy) is 1. The van der Waals surface area contributed by atoms with Gasteiger partial charge in [0.25, 0.3) is 0 Å². The third-order valence-electron chi connectivity index (χ3n) is 2.17. The normalized spacial score (nSPS) is 10.6. The van der Waals surface area contributed by atoms with Crippen LogP contribution in [0.4, 0.5) is 4.39 Å². The average molecular weight is 258 g/mol. The summed E-state index contributed by atoms with van der Waals surface area (Å²) >= 11 is 5.89. The molecule has 1 aromatic heterocycles. The van der Waals surface area contributed by atoms with Gasteiger partial charge in [0.2, 0.25) is 0 Å². The molecule has 7 heteroatoms. The first-order valence-electron chi connectivity index (χ1n) is 4.71.